The van der Waals surface area contributed by atoms with Gasteiger partial charge in [0.05, 0.1) is 0 Å². The van der Waals surface area contributed by atoms with Crippen LogP contribution < -0.4 is 0 Å². The van der Waals surface area contributed by atoms with Crippen LogP contribution in [0, 0.1) is 20.8 Å². The summed E-state index contributed by atoms with van der Waals surface area (Å²) in [6, 6.07) is 4.91. The molecule has 0 saturated heterocycles. The van der Waals surface area contributed by atoms with Gasteiger partial charge in [-0.05, 0) is 106 Å². The number of hydrogen-bond acceptors (Lipinski definition) is 0. The van der Waals surface area contributed by atoms with Crippen LogP contribution in [-0.4, -0.2) is 0 Å². The van der Waals surface area contributed by atoms with Gasteiger partial charge in [-0.15, -0.1) is 0 Å². The molecular weight excluding hydrogens is 348 g/mol. The van der Waals surface area contributed by atoms with Gasteiger partial charge in [0, 0.05) is 0 Å². The Morgan fingerprint density at radius 2 is 1.45 bits per heavy atom. The molecule has 0 unspecified atom stereocenters. The van der Waals surface area contributed by atoms with Crippen LogP contribution in [0.4, 0.5) is 0 Å². The Kier molecular flexibility index (Phi) is 4.50. The molecule has 4 rings (SSSR count). The van der Waals surface area contributed by atoms with E-state index in [2.05, 4.69) is 92.7 Å². The van der Waals surface area contributed by atoms with Crippen molar-refractivity contribution in [3.8, 4) is 11.1 Å². The summed E-state index contributed by atoms with van der Waals surface area (Å²) in [7, 11) is 0. The zero-order valence-corrected chi connectivity index (χ0v) is 19.8. The first-order chi connectivity index (χ1) is 13.4. The van der Waals surface area contributed by atoms with E-state index in [-0.39, 0.29) is 10.8 Å². The van der Waals surface area contributed by atoms with E-state index in [4.69, 9.17) is 0 Å². The Hall–Kier alpha value is -2.08. The first-order valence-electron chi connectivity index (χ1n) is 11.1. The van der Waals surface area contributed by atoms with Crippen molar-refractivity contribution in [1.82, 2.24) is 0 Å². The summed E-state index contributed by atoms with van der Waals surface area (Å²) in [5.41, 5.74) is 16.8. The minimum absolute atomic E-state index is 0.128. The lowest BCUT2D eigenvalue weighted by molar-refractivity contribution is 0.583. The van der Waals surface area contributed by atoms with Gasteiger partial charge in [0.1, 0.15) is 0 Å². The molecule has 0 fully saturated rings. The van der Waals surface area contributed by atoms with Crippen molar-refractivity contribution in [2.75, 3.05) is 0 Å². The minimum atomic E-state index is 0.128. The van der Waals surface area contributed by atoms with Gasteiger partial charge in [-0.1, -0.05) is 71.9 Å². The third-order valence-electron chi connectivity index (χ3n) is 6.91. The number of fused-ring (bicyclic) bond motifs is 3. The minimum Gasteiger partial charge on any atom is -0.0801 e. The average Bonchev–Trinajstić information content (AvgIpc) is 3.23. The van der Waals surface area contributed by atoms with Crippen molar-refractivity contribution in [2.24, 2.45) is 0 Å². The molecule has 0 atom stereocenters. The summed E-state index contributed by atoms with van der Waals surface area (Å²) >= 11 is 0. The third-order valence-corrected chi connectivity index (χ3v) is 6.91. The molecule has 0 heterocycles. The quantitative estimate of drug-likeness (QED) is 0.397. The first kappa shape index (κ1) is 20.2. The maximum Gasteiger partial charge on any atom is -0.000698 e. The molecule has 29 heavy (non-hydrogen) atoms. The van der Waals surface area contributed by atoms with Crippen LogP contribution in [0.5, 0.6) is 0 Å². The van der Waals surface area contributed by atoms with E-state index < -0.39 is 0 Å². The van der Waals surface area contributed by atoms with Crippen LogP contribution in [-0.2, 0) is 17.3 Å². The summed E-state index contributed by atoms with van der Waals surface area (Å²) < 4.78 is 0. The molecule has 2 aliphatic rings. The van der Waals surface area contributed by atoms with Crippen LogP contribution in [0.2, 0.25) is 0 Å². The second kappa shape index (κ2) is 6.46. The lowest BCUT2D eigenvalue weighted by atomic mass is 9.74. The van der Waals surface area contributed by atoms with Gasteiger partial charge in [0.15, 0.2) is 0 Å². The van der Waals surface area contributed by atoms with E-state index in [1.807, 2.05) is 0 Å². The van der Waals surface area contributed by atoms with Crippen molar-refractivity contribution in [3.63, 3.8) is 0 Å². The van der Waals surface area contributed by atoms with Crippen molar-refractivity contribution < 1.29 is 0 Å². The highest BCUT2D eigenvalue weighted by atomic mass is 14.4. The Bertz CT molecular complexity index is 1070. The number of rotatable bonds is 1. The van der Waals surface area contributed by atoms with Crippen LogP contribution in [0.25, 0.3) is 16.7 Å². The number of hydrogen-bond donors (Lipinski definition) is 0. The topological polar surface area (TPSA) is 0 Å². The maximum absolute atomic E-state index is 2.49. The lowest BCUT2D eigenvalue weighted by Crippen LogP contribution is -2.18. The van der Waals surface area contributed by atoms with Crippen molar-refractivity contribution >= 4 is 5.57 Å². The number of allylic oxidation sites excluding steroid dienone is 4. The zero-order chi connectivity index (χ0) is 21.3. The van der Waals surface area contributed by atoms with Crippen molar-refractivity contribution in [1.29, 1.82) is 0 Å². The van der Waals surface area contributed by atoms with E-state index in [1.54, 1.807) is 11.1 Å². The van der Waals surface area contributed by atoms with Gasteiger partial charge in [0.25, 0.3) is 0 Å². The Morgan fingerprint density at radius 3 is 2.00 bits per heavy atom. The van der Waals surface area contributed by atoms with Gasteiger partial charge in [-0.2, -0.15) is 0 Å². The fraction of sp³-hybridized carbons (Fsp3) is 0.448. The highest BCUT2D eigenvalue weighted by Gasteiger charge is 2.33. The number of benzene rings is 2. The van der Waals surface area contributed by atoms with E-state index in [1.165, 1.54) is 50.1 Å². The fourth-order valence-corrected chi connectivity index (χ4v) is 5.49. The van der Waals surface area contributed by atoms with E-state index in [9.17, 15) is 0 Å². The Balaban J connectivity index is 2.07. The smallest absolute Gasteiger partial charge is 0.000698 e. The van der Waals surface area contributed by atoms with Crippen molar-refractivity contribution in [2.45, 2.75) is 86.0 Å². The molecule has 0 bridgehead atoms. The standard InChI is InChI=1S/C29H36/c1-17-14-22(28(4,5)6)15-21-16-23-25(24(17)21)18(2)19(3)27(29(7,8)9)26(23)20-12-10-11-13-20/h10-12,14-15H,13,16H2,1-9H3. The fourth-order valence-electron chi connectivity index (χ4n) is 5.49. The molecule has 0 amide bonds. The van der Waals surface area contributed by atoms with Crippen LogP contribution in [0.3, 0.4) is 0 Å². The third kappa shape index (κ3) is 3.12. The predicted molar refractivity (Wildman–Crippen MR) is 128 cm³/mol. The maximum atomic E-state index is 2.49. The summed E-state index contributed by atoms with van der Waals surface area (Å²) in [4.78, 5) is 0. The Morgan fingerprint density at radius 1 is 0.759 bits per heavy atom. The molecule has 0 radical (unpaired) electrons. The number of aryl methyl sites for hydroxylation is 1. The van der Waals surface area contributed by atoms with Gasteiger partial charge in [0.2, 0.25) is 0 Å². The van der Waals surface area contributed by atoms with Crippen LogP contribution >= 0.6 is 0 Å². The van der Waals surface area contributed by atoms with Crippen LogP contribution in [0.1, 0.15) is 92.5 Å². The predicted octanol–water partition coefficient (Wildman–Crippen LogP) is 8.12. The Labute approximate surface area is 177 Å². The zero-order valence-electron chi connectivity index (χ0n) is 19.8. The average molecular weight is 385 g/mol. The molecule has 0 aromatic heterocycles. The normalized spacial score (nSPS) is 15.6. The second-order valence-corrected chi connectivity index (χ2v) is 11.2. The second-order valence-electron chi connectivity index (χ2n) is 11.2. The molecule has 0 nitrogen and oxygen atoms in total. The van der Waals surface area contributed by atoms with Gasteiger partial charge >= 0.3 is 0 Å². The molecule has 0 aliphatic heterocycles. The summed E-state index contributed by atoms with van der Waals surface area (Å²) in [5, 5.41) is 0. The largest absolute Gasteiger partial charge is 0.0801 e. The van der Waals surface area contributed by atoms with E-state index in [0.717, 1.165) is 12.8 Å². The molecule has 0 N–H and O–H groups in total. The highest BCUT2D eigenvalue weighted by Crippen LogP contribution is 2.50. The molecular formula is C29H36. The molecule has 0 saturated carbocycles. The van der Waals surface area contributed by atoms with Crippen molar-refractivity contribution in [3.05, 3.63) is 74.9 Å². The molecule has 0 heteroatoms. The van der Waals surface area contributed by atoms with E-state index >= 15 is 0 Å². The van der Waals surface area contributed by atoms with Gasteiger partial charge in [-0.3, -0.25) is 0 Å². The summed E-state index contributed by atoms with van der Waals surface area (Å²) in [6.07, 6.45) is 8.99. The van der Waals surface area contributed by atoms with Gasteiger partial charge < -0.3 is 0 Å². The van der Waals surface area contributed by atoms with E-state index in [0.29, 0.717) is 0 Å². The SMILES string of the molecule is Cc1cc(C(C)(C)C)cc2c1-c1c(C)c(C)c(C(C)(C)C)c(C3=CC=CC3)c1C2. The molecule has 2 aromatic carbocycles. The first-order valence-corrected chi connectivity index (χ1v) is 11.1. The monoisotopic (exact) mass is 384 g/mol. The van der Waals surface area contributed by atoms with Gasteiger partial charge in [-0.25, -0.2) is 0 Å². The highest BCUT2D eigenvalue weighted by molar-refractivity contribution is 5.91. The molecule has 2 aromatic rings. The lowest BCUT2D eigenvalue weighted by Gasteiger charge is -2.30. The summed E-state index contributed by atoms with van der Waals surface area (Å²) in [5.74, 6) is 0. The van der Waals surface area contributed by atoms with Crippen LogP contribution in [0.15, 0.2) is 30.4 Å². The molecule has 2 aliphatic carbocycles. The molecule has 152 valence electrons. The molecule has 0 spiro atoms. The summed E-state index contributed by atoms with van der Waals surface area (Å²) in [6.45, 7) is 21.1.